The molecular weight excluding hydrogens is 214 g/mol. The summed E-state index contributed by atoms with van der Waals surface area (Å²) in [6.45, 7) is 5.01. The Labute approximate surface area is 101 Å². The molecule has 2 aromatic rings. The van der Waals surface area contributed by atoms with Gasteiger partial charge in [-0.3, -0.25) is 0 Å². The van der Waals surface area contributed by atoms with Crippen LogP contribution in [0.2, 0.25) is 0 Å². The fraction of sp³-hybridized carbons (Fsp3) is 0.385. The van der Waals surface area contributed by atoms with Gasteiger partial charge in [-0.05, 0) is 18.7 Å². The highest BCUT2D eigenvalue weighted by Crippen LogP contribution is 2.23. The van der Waals surface area contributed by atoms with Gasteiger partial charge in [0.05, 0.1) is 6.04 Å². The maximum atomic E-state index is 5.78. The maximum Gasteiger partial charge on any atom is 0.125 e. The molecule has 0 bridgehead atoms. The van der Waals surface area contributed by atoms with E-state index < -0.39 is 0 Å². The molecule has 0 spiro atoms. The van der Waals surface area contributed by atoms with E-state index in [4.69, 9.17) is 4.42 Å². The van der Waals surface area contributed by atoms with E-state index >= 15 is 0 Å². The summed E-state index contributed by atoms with van der Waals surface area (Å²) < 4.78 is 5.78. The van der Waals surface area contributed by atoms with Crippen molar-refractivity contribution in [3.05, 3.63) is 47.9 Å². The molecule has 0 saturated carbocycles. The first-order valence-corrected chi connectivity index (χ1v) is 5.92. The summed E-state index contributed by atoms with van der Waals surface area (Å²) in [5.41, 5.74) is 1.02. The number of aromatic nitrogens is 2. The molecule has 0 aliphatic carbocycles. The fourth-order valence-corrected chi connectivity index (χ4v) is 1.79. The molecule has 0 aliphatic rings. The zero-order valence-corrected chi connectivity index (χ0v) is 10.2. The molecule has 0 fully saturated rings. The number of rotatable bonds is 5. The van der Waals surface area contributed by atoms with Crippen LogP contribution >= 0.6 is 0 Å². The molecule has 0 radical (unpaired) electrons. The van der Waals surface area contributed by atoms with Crippen LogP contribution in [0.15, 0.2) is 35.3 Å². The van der Waals surface area contributed by atoms with Crippen LogP contribution in [0.25, 0.3) is 0 Å². The third kappa shape index (κ3) is 2.71. The topological polar surface area (TPSA) is 51.0 Å². The Kier molecular flexibility index (Phi) is 3.88. The second kappa shape index (κ2) is 5.59. The SMILES string of the molecule is CCNC(c1cncnc1)c1ccc(CC)o1. The Morgan fingerprint density at radius 2 is 2.00 bits per heavy atom. The normalized spacial score (nSPS) is 12.6. The quantitative estimate of drug-likeness (QED) is 0.858. The number of furan rings is 1. The van der Waals surface area contributed by atoms with Gasteiger partial charge in [0.1, 0.15) is 17.8 Å². The summed E-state index contributed by atoms with van der Waals surface area (Å²) in [6.07, 6.45) is 6.07. The van der Waals surface area contributed by atoms with E-state index in [2.05, 4.69) is 29.1 Å². The lowest BCUT2D eigenvalue weighted by molar-refractivity contribution is 0.425. The molecule has 2 rings (SSSR count). The Hall–Kier alpha value is -1.68. The third-order valence-corrected chi connectivity index (χ3v) is 2.64. The van der Waals surface area contributed by atoms with Crippen LogP contribution in [0.1, 0.15) is 37.0 Å². The van der Waals surface area contributed by atoms with Crippen LogP contribution in [0, 0.1) is 0 Å². The van der Waals surface area contributed by atoms with Gasteiger partial charge in [0.2, 0.25) is 0 Å². The summed E-state index contributed by atoms with van der Waals surface area (Å²) in [4.78, 5) is 8.10. The Balaban J connectivity index is 2.28. The molecule has 17 heavy (non-hydrogen) atoms. The summed E-state index contributed by atoms with van der Waals surface area (Å²) in [7, 11) is 0. The second-order valence-electron chi connectivity index (χ2n) is 3.82. The second-order valence-corrected chi connectivity index (χ2v) is 3.82. The Morgan fingerprint density at radius 3 is 2.59 bits per heavy atom. The van der Waals surface area contributed by atoms with Crippen LogP contribution in [0.3, 0.4) is 0 Å². The molecule has 0 aromatic carbocycles. The van der Waals surface area contributed by atoms with Gasteiger partial charge in [-0.2, -0.15) is 0 Å². The number of aryl methyl sites for hydroxylation is 1. The van der Waals surface area contributed by atoms with Gasteiger partial charge in [0, 0.05) is 24.4 Å². The van der Waals surface area contributed by atoms with E-state index in [0.29, 0.717) is 0 Å². The Morgan fingerprint density at radius 1 is 1.24 bits per heavy atom. The highest BCUT2D eigenvalue weighted by atomic mass is 16.3. The minimum Gasteiger partial charge on any atom is -0.464 e. The van der Waals surface area contributed by atoms with Crippen LogP contribution in [-0.2, 0) is 6.42 Å². The average molecular weight is 231 g/mol. The van der Waals surface area contributed by atoms with Crippen LogP contribution in [-0.4, -0.2) is 16.5 Å². The zero-order valence-electron chi connectivity index (χ0n) is 10.2. The smallest absolute Gasteiger partial charge is 0.125 e. The first kappa shape index (κ1) is 11.8. The molecule has 2 heterocycles. The van der Waals surface area contributed by atoms with Gasteiger partial charge in [-0.25, -0.2) is 9.97 Å². The van der Waals surface area contributed by atoms with Crippen molar-refractivity contribution in [3.63, 3.8) is 0 Å². The van der Waals surface area contributed by atoms with Gasteiger partial charge in [-0.15, -0.1) is 0 Å². The van der Waals surface area contributed by atoms with E-state index in [1.807, 2.05) is 24.5 Å². The molecule has 4 nitrogen and oxygen atoms in total. The van der Waals surface area contributed by atoms with Gasteiger partial charge in [-0.1, -0.05) is 13.8 Å². The lowest BCUT2D eigenvalue weighted by atomic mass is 10.1. The lowest BCUT2D eigenvalue weighted by Gasteiger charge is -2.14. The largest absolute Gasteiger partial charge is 0.464 e. The van der Waals surface area contributed by atoms with Crippen molar-refractivity contribution in [2.75, 3.05) is 6.54 Å². The molecule has 0 saturated heterocycles. The molecule has 2 aromatic heterocycles. The zero-order chi connectivity index (χ0) is 12.1. The number of nitrogens with one attached hydrogen (secondary N) is 1. The standard InChI is InChI=1S/C13H17N3O/c1-3-11-5-6-12(17-11)13(16-4-2)10-7-14-9-15-8-10/h5-9,13,16H,3-4H2,1-2H3. The molecule has 0 aliphatic heterocycles. The van der Waals surface area contributed by atoms with E-state index in [1.54, 1.807) is 0 Å². The number of hydrogen-bond donors (Lipinski definition) is 1. The monoisotopic (exact) mass is 231 g/mol. The third-order valence-electron chi connectivity index (χ3n) is 2.64. The van der Waals surface area contributed by atoms with Crippen LogP contribution < -0.4 is 5.32 Å². The summed E-state index contributed by atoms with van der Waals surface area (Å²) in [5.74, 6) is 1.92. The number of nitrogens with zero attached hydrogens (tertiary/aromatic N) is 2. The molecule has 4 heteroatoms. The van der Waals surface area contributed by atoms with Crippen molar-refractivity contribution in [2.45, 2.75) is 26.3 Å². The van der Waals surface area contributed by atoms with E-state index in [9.17, 15) is 0 Å². The van der Waals surface area contributed by atoms with E-state index in [-0.39, 0.29) is 6.04 Å². The summed E-state index contributed by atoms with van der Waals surface area (Å²) in [6, 6.07) is 4.06. The van der Waals surface area contributed by atoms with Gasteiger partial charge < -0.3 is 9.73 Å². The first-order valence-electron chi connectivity index (χ1n) is 5.92. The minimum absolute atomic E-state index is 0.0292. The van der Waals surface area contributed by atoms with Crippen molar-refractivity contribution < 1.29 is 4.42 Å². The van der Waals surface area contributed by atoms with Crippen molar-refractivity contribution in [2.24, 2.45) is 0 Å². The Bertz CT molecular complexity index is 453. The molecule has 1 N–H and O–H groups in total. The summed E-state index contributed by atoms with van der Waals surface area (Å²) >= 11 is 0. The molecule has 1 unspecified atom stereocenters. The average Bonchev–Trinajstić information content (AvgIpc) is 2.85. The van der Waals surface area contributed by atoms with Crippen molar-refractivity contribution in [1.29, 1.82) is 0 Å². The summed E-state index contributed by atoms with van der Waals surface area (Å²) in [5, 5.41) is 3.38. The predicted molar refractivity (Wildman–Crippen MR) is 65.6 cm³/mol. The van der Waals surface area contributed by atoms with Gasteiger partial charge >= 0.3 is 0 Å². The fourth-order valence-electron chi connectivity index (χ4n) is 1.79. The van der Waals surface area contributed by atoms with Crippen LogP contribution in [0.5, 0.6) is 0 Å². The van der Waals surface area contributed by atoms with Crippen LogP contribution in [0.4, 0.5) is 0 Å². The predicted octanol–water partition coefficient (Wildman–Crippen LogP) is 2.33. The molecule has 1 atom stereocenters. The highest BCUT2D eigenvalue weighted by Gasteiger charge is 2.17. The lowest BCUT2D eigenvalue weighted by Crippen LogP contribution is -2.21. The highest BCUT2D eigenvalue weighted by molar-refractivity contribution is 5.23. The van der Waals surface area contributed by atoms with Crippen molar-refractivity contribution in [3.8, 4) is 0 Å². The maximum absolute atomic E-state index is 5.78. The first-order chi connectivity index (χ1) is 8.35. The van der Waals surface area contributed by atoms with Crippen molar-refractivity contribution in [1.82, 2.24) is 15.3 Å². The van der Waals surface area contributed by atoms with Gasteiger partial charge in [0.15, 0.2) is 0 Å². The van der Waals surface area contributed by atoms with Gasteiger partial charge in [0.25, 0.3) is 0 Å². The minimum atomic E-state index is 0.0292. The molecular formula is C13H17N3O. The van der Waals surface area contributed by atoms with E-state index in [1.165, 1.54) is 6.33 Å². The molecule has 0 amide bonds. The van der Waals surface area contributed by atoms with E-state index in [0.717, 1.165) is 30.0 Å². The van der Waals surface area contributed by atoms with Crippen molar-refractivity contribution >= 4 is 0 Å². The molecule has 90 valence electrons. The number of hydrogen-bond acceptors (Lipinski definition) is 4.